The predicted octanol–water partition coefficient (Wildman–Crippen LogP) is 2.17. The first-order chi connectivity index (χ1) is 13.1. The quantitative estimate of drug-likeness (QED) is 0.811. The molecule has 2 aromatic rings. The van der Waals surface area contributed by atoms with Crippen molar-refractivity contribution in [1.82, 2.24) is 20.5 Å². The van der Waals surface area contributed by atoms with Gasteiger partial charge in [-0.2, -0.15) is 0 Å². The molecule has 1 aromatic carbocycles. The first-order valence-electron chi connectivity index (χ1n) is 9.11. The molecule has 1 unspecified atom stereocenters. The minimum absolute atomic E-state index is 0.0161. The minimum Gasteiger partial charge on any atom is -0.319 e. The van der Waals surface area contributed by atoms with Gasteiger partial charge in [0, 0.05) is 18.0 Å². The molecule has 3 amide bonds. The van der Waals surface area contributed by atoms with Gasteiger partial charge in [0.1, 0.15) is 5.82 Å². The second kappa shape index (κ2) is 7.08. The lowest BCUT2D eigenvalue weighted by Gasteiger charge is -2.37. The van der Waals surface area contributed by atoms with Crippen molar-refractivity contribution in [3.8, 4) is 0 Å². The van der Waals surface area contributed by atoms with Gasteiger partial charge in [0.25, 0.3) is 5.91 Å². The Morgan fingerprint density at radius 3 is 2.56 bits per heavy atom. The van der Waals surface area contributed by atoms with Crippen molar-refractivity contribution < 1.29 is 14.0 Å². The van der Waals surface area contributed by atoms with Gasteiger partial charge >= 0.3 is 6.03 Å². The fourth-order valence-electron chi connectivity index (χ4n) is 4.07. The predicted molar refractivity (Wildman–Crippen MR) is 97.0 cm³/mol. The molecule has 7 heteroatoms. The van der Waals surface area contributed by atoms with E-state index in [-0.39, 0.29) is 24.2 Å². The van der Waals surface area contributed by atoms with Crippen LogP contribution in [-0.4, -0.2) is 34.9 Å². The van der Waals surface area contributed by atoms with Gasteiger partial charge in [-0.05, 0) is 55.6 Å². The Labute approximate surface area is 156 Å². The van der Waals surface area contributed by atoms with Gasteiger partial charge in [-0.1, -0.05) is 18.2 Å². The molecule has 2 fully saturated rings. The SMILES string of the molecule is O=C1NC(c2cccnc2)(C2CCNCC2)C(=O)N1Cc1ccc(F)cc1. The molecule has 2 saturated heterocycles. The summed E-state index contributed by atoms with van der Waals surface area (Å²) >= 11 is 0. The number of nitrogens with one attached hydrogen (secondary N) is 2. The lowest BCUT2D eigenvalue weighted by atomic mass is 9.74. The van der Waals surface area contributed by atoms with Crippen LogP contribution in [0.4, 0.5) is 9.18 Å². The zero-order valence-corrected chi connectivity index (χ0v) is 14.8. The van der Waals surface area contributed by atoms with E-state index in [4.69, 9.17) is 0 Å². The highest BCUT2D eigenvalue weighted by molar-refractivity contribution is 6.07. The van der Waals surface area contributed by atoms with Gasteiger partial charge in [0.05, 0.1) is 6.54 Å². The summed E-state index contributed by atoms with van der Waals surface area (Å²) in [6, 6.07) is 9.03. The molecular weight excluding hydrogens is 347 g/mol. The van der Waals surface area contributed by atoms with E-state index in [1.807, 2.05) is 6.07 Å². The van der Waals surface area contributed by atoms with E-state index in [1.54, 1.807) is 30.6 Å². The molecule has 4 rings (SSSR count). The van der Waals surface area contributed by atoms with E-state index in [0.29, 0.717) is 11.1 Å². The van der Waals surface area contributed by atoms with Crippen LogP contribution in [0.5, 0.6) is 0 Å². The van der Waals surface area contributed by atoms with E-state index < -0.39 is 11.6 Å². The molecular formula is C20H21FN4O2. The van der Waals surface area contributed by atoms with E-state index >= 15 is 0 Å². The number of aromatic nitrogens is 1. The molecule has 3 heterocycles. The highest BCUT2D eigenvalue weighted by Gasteiger charge is 2.56. The van der Waals surface area contributed by atoms with Crippen LogP contribution in [0.25, 0.3) is 0 Å². The number of amides is 3. The van der Waals surface area contributed by atoms with Crippen LogP contribution in [-0.2, 0) is 16.9 Å². The third-order valence-electron chi connectivity index (χ3n) is 5.45. The Balaban J connectivity index is 1.70. The van der Waals surface area contributed by atoms with Crippen molar-refractivity contribution in [3.05, 3.63) is 65.7 Å². The summed E-state index contributed by atoms with van der Waals surface area (Å²) in [4.78, 5) is 31.7. The average Bonchev–Trinajstić information content (AvgIpc) is 2.96. The molecule has 0 aliphatic carbocycles. The summed E-state index contributed by atoms with van der Waals surface area (Å²) in [5, 5.41) is 6.28. The van der Waals surface area contributed by atoms with E-state index in [1.165, 1.54) is 17.0 Å². The van der Waals surface area contributed by atoms with E-state index in [2.05, 4.69) is 15.6 Å². The number of imide groups is 1. The largest absolute Gasteiger partial charge is 0.325 e. The fourth-order valence-corrected chi connectivity index (χ4v) is 4.07. The summed E-state index contributed by atoms with van der Waals surface area (Å²) < 4.78 is 13.2. The fraction of sp³-hybridized carbons (Fsp3) is 0.350. The van der Waals surface area contributed by atoms with Crippen LogP contribution in [0.3, 0.4) is 0 Å². The third kappa shape index (κ3) is 3.08. The number of halogens is 1. The summed E-state index contributed by atoms with van der Waals surface area (Å²) in [5.41, 5.74) is 0.303. The number of rotatable bonds is 4. The van der Waals surface area contributed by atoms with Crippen LogP contribution in [0.1, 0.15) is 24.0 Å². The zero-order chi connectivity index (χ0) is 18.9. The minimum atomic E-state index is -1.10. The van der Waals surface area contributed by atoms with Gasteiger partial charge in [-0.25, -0.2) is 9.18 Å². The molecule has 1 atom stereocenters. The first-order valence-corrected chi connectivity index (χ1v) is 9.11. The van der Waals surface area contributed by atoms with Crippen LogP contribution >= 0.6 is 0 Å². The monoisotopic (exact) mass is 368 g/mol. The van der Waals surface area contributed by atoms with Gasteiger partial charge in [0.15, 0.2) is 5.54 Å². The molecule has 0 radical (unpaired) electrons. The molecule has 2 N–H and O–H groups in total. The highest BCUT2D eigenvalue weighted by Crippen LogP contribution is 2.40. The maximum atomic E-state index is 13.5. The number of carbonyl (C=O) groups is 2. The third-order valence-corrected chi connectivity index (χ3v) is 5.45. The molecule has 2 aliphatic heterocycles. The van der Waals surface area contributed by atoms with Crippen LogP contribution in [0.2, 0.25) is 0 Å². The number of carbonyl (C=O) groups excluding carboxylic acids is 2. The van der Waals surface area contributed by atoms with Crippen LogP contribution in [0, 0.1) is 11.7 Å². The molecule has 0 spiro atoms. The Morgan fingerprint density at radius 2 is 1.89 bits per heavy atom. The Kier molecular flexibility index (Phi) is 4.61. The smallest absolute Gasteiger partial charge is 0.319 e. The van der Waals surface area contributed by atoms with Crippen molar-refractivity contribution in [3.63, 3.8) is 0 Å². The number of benzene rings is 1. The molecule has 27 heavy (non-hydrogen) atoms. The van der Waals surface area contributed by atoms with Crippen LogP contribution in [0.15, 0.2) is 48.8 Å². The van der Waals surface area contributed by atoms with Gasteiger partial charge in [0.2, 0.25) is 0 Å². The van der Waals surface area contributed by atoms with E-state index in [9.17, 15) is 14.0 Å². The maximum Gasteiger partial charge on any atom is 0.325 e. The average molecular weight is 368 g/mol. The second-order valence-electron chi connectivity index (χ2n) is 7.02. The lowest BCUT2D eigenvalue weighted by molar-refractivity contribution is -0.134. The number of hydrogen-bond acceptors (Lipinski definition) is 4. The summed E-state index contributed by atoms with van der Waals surface area (Å²) in [5.74, 6) is -0.635. The molecule has 0 bridgehead atoms. The summed E-state index contributed by atoms with van der Waals surface area (Å²) in [6.07, 6.45) is 4.87. The number of pyridine rings is 1. The molecule has 0 saturated carbocycles. The zero-order valence-electron chi connectivity index (χ0n) is 14.8. The molecule has 1 aromatic heterocycles. The normalized spacial score (nSPS) is 23.5. The lowest BCUT2D eigenvalue weighted by Crippen LogP contribution is -2.53. The number of nitrogens with zero attached hydrogens (tertiary/aromatic N) is 2. The Morgan fingerprint density at radius 1 is 1.15 bits per heavy atom. The maximum absolute atomic E-state index is 13.5. The Bertz CT molecular complexity index is 837. The Hall–Kier alpha value is -2.80. The van der Waals surface area contributed by atoms with Crippen LogP contribution < -0.4 is 10.6 Å². The first kappa shape index (κ1) is 17.6. The number of urea groups is 1. The molecule has 6 nitrogen and oxygen atoms in total. The molecule has 140 valence electrons. The van der Waals surface area contributed by atoms with E-state index in [0.717, 1.165) is 25.9 Å². The second-order valence-corrected chi connectivity index (χ2v) is 7.02. The van der Waals surface area contributed by atoms with Crippen molar-refractivity contribution in [2.45, 2.75) is 24.9 Å². The summed E-state index contributed by atoms with van der Waals surface area (Å²) in [7, 11) is 0. The van der Waals surface area contributed by atoms with Crippen molar-refractivity contribution in [2.24, 2.45) is 5.92 Å². The standard InChI is InChI=1S/C20H21FN4O2/c21-17-5-3-14(4-6-17)13-25-18(26)20(24-19(25)27,15-7-10-22-11-8-15)16-2-1-9-23-12-16/h1-6,9,12,15,22H,7-8,10-11,13H2,(H,24,27). The topological polar surface area (TPSA) is 74.3 Å². The van der Waals surface area contributed by atoms with Crippen molar-refractivity contribution in [2.75, 3.05) is 13.1 Å². The van der Waals surface area contributed by atoms with Gasteiger partial charge in [-0.15, -0.1) is 0 Å². The van der Waals surface area contributed by atoms with Gasteiger partial charge < -0.3 is 10.6 Å². The summed E-state index contributed by atoms with van der Waals surface area (Å²) in [6.45, 7) is 1.71. The number of piperidine rings is 1. The van der Waals surface area contributed by atoms with Crippen molar-refractivity contribution in [1.29, 1.82) is 0 Å². The number of hydrogen-bond donors (Lipinski definition) is 2. The van der Waals surface area contributed by atoms with Crippen molar-refractivity contribution >= 4 is 11.9 Å². The highest BCUT2D eigenvalue weighted by atomic mass is 19.1. The van der Waals surface area contributed by atoms with Gasteiger partial charge in [-0.3, -0.25) is 14.7 Å². The molecule has 2 aliphatic rings.